The van der Waals surface area contributed by atoms with Gasteiger partial charge in [-0.15, -0.1) is 0 Å². The maximum atomic E-state index is 13.7. The van der Waals surface area contributed by atoms with Crippen LogP contribution in [0.3, 0.4) is 0 Å². The molecule has 184 valence electrons. The molecule has 0 saturated carbocycles. The van der Waals surface area contributed by atoms with E-state index in [2.05, 4.69) is 5.32 Å². The largest absolute Gasteiger partial charge is 0.486 e. The van der Waals surface area contributed by atoms with Crippen LogP contribution < -0.4 is 10.1 Å². The molecule has 7 nitrogen and oxygen atoms in total. The third-order valence-electron chi connectivity index (χ3n) is 6.13. The molecule has 2 aromatic carbocycles. The number of halogens is 1. The molecule has 2 amide bonds. The molecule has 4 aromatic rings. The van der Waals surface area contributed by atoms with Crippen LogP contribution in [0.4, 0.5) is 4.39 Å². The summed E-state index contributed by atoms with van der Waals surface area (Å²) in [6, 6.07) is 18.1. The van der Waals surface area contributed by atoms with Gasteiger partial charge in [-0.05, 0) is 78.6 Å². The summed E-state index contributed by atoms with van der Waals surface area (Å²) >= 11 is 0. The lowest BCUT2D eigenvalue weighted by Gasteiger charge is -2.37. The van der Waals surface area contributed by atoms with E-state index in [1.54, 1.807) is 41.3 Å². The van der Waals surface area contributed by atoms with Crippen molar-refractivity contribution in [2.75, 3.05) is 13.1 Å². The first-order chi connectivity index (χ1) is 17.5. The van der Waals surface area contributed by atoms with Gasteiger partial charge in [-0.2, -0.15) is 0 Å². The van der Waals surface area contributed by atoms with Crippen LogP contribution in [0.15, 0.2) is 81.8 Å². The topological polar surface area (TPSA) is 84.9 Å². The van der Waals surface area contributed by atoms with E-state index in [1.807, 2.05) is 25.1 Å². The fourth-order valence-corrected chi connectivity index (χ4v) is 4.43. The standard InChI is InChI=1S/C28H25FN2O5/c1-2-30-27(32)24-12-11-22(36-24)17-35-21-10-7-18-13-14-31(28(33)25-4-3-15-34-25)26(23(18)16-21)19-5-8-20(29)9-6-19/h3-12,15-16,26H,2,13-14,17H2,1H3,(H,30,32). The number of carbonyl (C=O) groups is 2. The molecule has 0 aliphatic carbocycles. The van der Waals surface area contributed by atoms with Crippen LogP contribution >= 0.6 is 0 Å². The number of hydrogen-bond acceptors (Lipinski definition) is 5. The Balaban J connectivity index is 1.43. The van der Waals surface area contributed by atoms with Gasteiger partial charge in [0.05, 0.1) is 12.3 Å². The first kappa shape index (κ1) is 23.4. The van der Waals surface area contributed by atoms with Crippen molar-refractivity contribution in [2.24, 2.45) is 0 Å². The number of benzene rings is 2. The highest BCUT2D eigenvalue weighted by molar-refractivity contribution is 5.92. The van der Waals surface area contributed by atoms with E-state index in [9.17, 15) is 14.0 Å². The van der Waals surface area contributed by atoms with Crippen LogP contribution in [0.25, 0.3) is 0 Å². The summed E-state index contributed by atoms with van der Waals surface area (Å²) in [7, 11) is 0. The van der Waals surface area contributed by atoms with Crippen LogP contribution in [0.1, 0.15) is 56.5 Å². The first-order valence-corrected chi connectivity index (χ1v) is 11.8. The summed E-state index contributed by atoms with van der Waals surface area (Å²) in [6.07, 6.45) is 2.13. The van der Waals surface area contributed by atoms with Crippen molar-refractivity contribution in [1.29, 1.82) is 0 Å². The molecule has 5 rings (SSSR count). The number of fused-ring (bicyclic) bond motifs is 1. The highest BCUT2D eigenvalue weighted by atomic mass is 19.1. The lowest BCUT2D eigenvalue weighted by molar-refractivity contribution is 0.0661. The zero-order chi connectivity index (χ0) is 25.1. The van der Waals surface area contributed by atoms with Crippen LogP contribution in [0, 0.1) is 5.82 Å². The monoisotopic (exact) mass is 488 g/mol. The lowest BCUT2D eigenvalue weighted by atomic mass is 9.87. The quantitative estimate of drug-likeness (QED) is 0.390. The Morgan fingerprint density at radius 1 is 1.08 bits per heavy atom. The summed E-state index contributed by atoms with van der Waals surface area (Å²) in [5, 5.41) is 2.69. The number of carbonyl (C=O) groups excluding carboxylic acids is 2. The fraction of sp³-hybridized carbons (Fsp3) is 0.214. The van der Waals surface area contributed by atoms with Gasteiger partial charge in [-0.1, -0.05) is 18.2 Å². The average Bonchev–Trinajstić information content (AvgIpc) is 3.60. The minimum Gasteiger partial charge on any atom is -0.486 e. The van der Waals surface area contributed by atoms with E-state index >= 15 is 0 Å². The maximum Gasteiger partial charge on any atom is 0.290 e. The van der Waals surface area contributed by atoms with Crippen molar-refractivity contribution in [3.63, 3.8) is 0 Å². The Hall–Kier alpha value is -4.33. The van der Waals surface area contributed by atoms with Crippen molar-refractivity contribution in [3.05, 3.63) is 113 Å². The second-order valence-electron chi connectivity index (χ2n) is 8.45. The number of amides is 2. The highest BCUT2D eigenvalue weighted by Crippen LogP contribution is 2.38. The Kier molecular flexibility index (Phi) is 6.58. The number of ether oxygens (including phenoxy) is 1. The van der Waals surface area contributed by atoms with Gasteiger partial charge in [0.2, 0.25) is 0 Å². The van der Waals surface area contributed by atoms with Gasteiger partial charge in [0.1, 0.15) is 23.9 Å². The molecule has 0 spiro atoms. The van der Waals surface area contributed by atoms with Gasteiger partial charge in [-0.3, -0.25) is 9.59 Å². The third-order valence-corrected chi connectivity index (χ3v) is 6.13. The predicted octanol–water partition coefficient (Wildman–Crippen LogP) is 5.13. The van der Waals surface area contributed by atoms with Crippen molar-refractivity contribution < 1.29 is 27.6 Å². The number of hydrogen-bond donors (Lipinski definition) is 1. The van der Waals surface area contributed by atoms with E-state index in [4.69, 9.17) is 13.6 Å². The summed E-state index contributed by atoms with van der Waals surface area (Å²) in [5.41, 5.74) is 2.76. The van der Waals surface area contributed by atoms with Crippen LogP contribution in [0.2, 0.25) is 0 Å². The van der Waals surface area contributed by atoms with E-state index in [1.165, 1.54) is 18.4 Å². The average molecular weight is 489 g/mol. The molecule has 0 radical (unpaired) electrons. The number of nitrogens with zero attached hydrogens (tertiary/aromatic N) is 1. The minimum absolute atomic E-state index is 0.133. The molecular formula is C28H25FN2O5. The van der Waals surface area contributed by atoms with Gasteiger partial charge in [0, 0.05) is 13.1 Å². The highest BCUT2D eigenvalue weighted by Gasteiger charge is 2.34. The molecule has 36 heavy (non-hydrogen) atoms. The Labute approximate surface area is 207 Å². The molecule has 1 aliphatic heterocycles. The van der Waals surface area contributed by atoms with Crippen molar-refractivity contribution in [3.8, 4) is 5.75 Å². The van der Waals surface area contributed by atoms with Crippen molar-refractivity contribution in [1.82, 2.24) is 10.2 Å². The minimum atomic E-state index is -0.441. The molecule has 3 heterocycles. The molecule has 1 unspecified atom stereocenters. The van der Waals surface area contributed by atoms with Gasteiger partial charge in [-0.25, -0.2) is 4.39 Å². The molecule has 1 aliphatic rings. The predicted molar refractivity (Wildman–Crippen MR) is 129 cm³/mol. The maximum absolute atomic E-state index is 13.7. The zero-order valence-electron chi connectivity index (χ0n) is 19.7. The molecular weight excluding hydrogens is 463 g/mol. The molecule has 0 saturated heterocycles. The van der Waals surface area contributed by atoms with E-state index in [0.29, 0.717) is 31.0 Å². The summed E-state index contributed by atoms with van der Waals surface area (Å²) in [5.74, 6) is 0.716. The molecule has 1 atom stereocenters. The Bertz CT molecular complexity index is 1360. The Morgan fingerprint density at radius 3 is 2.67 bits per heavy atom. The first-order valence-electron chi connectivity index (χ1n) is 11.8. The van der Waals surface area contributed by atoms with Gasteiger partial charge in [0.25, 0.3) is 11.8 Å². The van der Waals surface area contributed by atoms with Gasteiger partial charge >= 0.3 is 0 Å². The van der Waals surface area contributed by atoms with Crippen molar-refractivity contribution in [2.45, 2.75) is 26.0 Å². The Morgan fingerprint density at radius 2 is 1.92 bits per heavy atom. The fourth-order valence-electron chi connectivity index (χ4n) is 4.43. The van der Waals surface area contributed by atoms with Crippen LogP contribution in [-0.4, -0.2) is 29.8 Å². The van der Waals surface area contributed by atoms with E-state index in [-0.39, 0.29) is 35.8 Å². The molecule has 8 heteroatoms. The van der Waals surface area contributed by atoms with E-state index < -0.39 is 6.04 Å². The van der Waals surface area contributed by atoms with Crippen LogP contribution in [-0.2, 0) is 13.0 Å². The summed E-state index contributed by atoms with van der Waals surface area (Å²) < 4.78 is 30.6. The van der Waals surface area contributed by atoms with Crippen LogP contribution in [0.5, 0.6) is 5.75 Å². The zero-order valence-corrected chi connectivity index (χ0v) is 19.7. The van der Waals surface area contributed by atoms with Gasteiger partial charge in [0.15, 0.2) is 11.5 Å². The summed E-state index contributed by atoms with van der Waals surface area (Å²) in [4.78, 5) is 27.0. The van der Waals surface area contributed by atoms with Gasteiger partial charge < -0.3 is 23.8 Å². The molecule has 0 bridgehead atoms. The molecule has 2 aromatic heterocycles. The third kappa shape index (κ3) is 4.75. The van der Waals surface area contributed by atoms with Crippen molar-refractivity contribution >= 4 is 11.8 Å². The normalized spacial score (nSPS) is 14.8. The molecule has 0 fully saturated rings. The smallest absolute Gasteiger partial charge is 0.290 e. The second-order valence-corrected chi connectivity index (χ2v) is 8.45. The number of nitrogens with one attached hydrogen (secondary N) is 1. The number of rotatable bonds is 7. The SMILES string of the molecule is CCNC(=O)c1ccc(COc2ccc3c(c2)C(c2ccc(F)cc2)N(C(=O)c2ccco2)CC3)o1. The van der Waals surface area contributed by atoms with E-state index in [0.717, 1.165) is 16.7 Å². The molecule has 1 N–H and O–H groups in total. The number of furan rings is 2. The second kappa shape index (κ2) is 10.1. The lowest BCUT2D eigenvalue weighted by Crippen LogP contribution is -2.40. The summed E-state index contributed by atoms with van der Waals surface area (Å²) in [6.45, 7) is 2.97.